The van der Waals surface area contributed by atoms with Gasteiger partial charge in [0.1, 0.15) is 5.75 Å². The van der Waals surface area contributed by atoms with E-state index in [1.165, 1.54) is 0 Å². The minimum atomic E-state index is -0.272. The van der Waals surface area contributed by atoms with Crippen molar-refractivity contribution in [3.05, 3.63) is 29.8 Å². The van der Waals surface area contributed by atoms with Crippen molar-refractivity contribution in [1.82, 2.24) is 15.1 Å². The molecule has 1 aliphatic heterocycles. The first-order valence-corrected chi connectivity index (χ1v) is 10.1. The molecule has 6 nitrogen and oxygen atoms in total. The largest absolute Gasteiger partial charge is 0.497 e. The molecule has 1 N–H and O–H groups in total. The topological polar surface area (TPSA) is 61.9 Å². The lowest BCUT2D eigenvalue weighted by atomic mass is 10.0. The summed E-state index contributed by atoms with van der Waals surface area (Å²) >= 11 is 0. The van der Waals surface area contributed by atoms with E-state index in [2.05, 4.69) is 17.4 Å². The van der Waals surface area contributed by atoms with Crippen molar-refractivity contribution in [2.45, 2.75) is 58.0 Å². The Kier molecular flexibility index (Phi) is 7.87. The van der Waals surface area contributed by atoms with Crippen molar-refractivity contribution in [2.75, 3.05) is 33.8 Å². The average molecular weight is 390 g/mol. The smallest absolute Gasteiger partial charge is 0.237 e. The molecule has 28 heavy (non-hydrogen) atoms. The number of carbonyl (C=O) groups is 2. The van der Waals surface area contributed by atoms with Gasteiger partial charge in [-0.2, -0.15) is 0 Å². The maximum absolute atomic E-state index is 13.1. The molecule has 156 valence electrons. The van der Waals surface area contributed by atoms with Gasteiger partial charge in [0.05, 0.1) is 26.2 Å². The van der Waals surface area contributed by atoms with Crippen molar-refractivity contribution >= 4 is 11.8 Å². The lowest BCUT2D eigenvalue weighted by Crippen LogP contribution is -2.47. The quantitative estimate of drug-likeness (QED) is 0.812. The number of likely N-dealkylation sites (N-methyl/N-ethyl adjacent to an activating group) is 1. The van der Waals surface area contributed by atoms with Gasteiger partial charge in [-0.3, -0.25) is 14.5 Å². The Morgan fingerprint density at radius 3 is 2.43 bits per heavy atom. The van der Waals surface area contributed by atoms with E-state index in [-0.39, 0.29) is 36.5 Å². The van der Waals surface area contributed by atoms with E-state index in [9.17, 15) is 9.59 Å². The standard InChI is InChI=1S/C22H35N3O3/c1-22(2,3)23-20(26)15-24(4)16-21(27)25-14-8-6-7-9-19(25)17-10-12-18(28-5)13-11-17/h10-13,19H,6-9,14-16H2,1-5H3,(H,23,26). The molecule has 2 rings (SSSR count). The van der Waals surface area contributed by atoms with Crippen LogP contribution in [0.3, 0.4) is 0 Å². The van der Waals surface area contributed by atoms with Crippen LogP contribution in [0.1, 0.15) is 58.1 Å². The number of nitrogens with one attached hydrogen (secondary N) is 1. The molecule has 1 aromatic rings. The summed E-state index contributed by atoms with van der Waals surface area (Å²) in [5, 5.41) is 2.94. The summed E-state index contributed by atoms with van der Waals surface area (Å²) in [7, 11) is 3.47. The van der Waals surface area contributed by atoms with Gasteiger partial charge in [0, 0.05) is 12.1 Å². The lowest BCUT2D eigenvalue weighted by Gasteiger charge is -2.32. The second-order valence-electron chi connectivity index (χ2n) is 8.70. The van der Waals surface area contributed by atoms with Crippen LogP contribution >= 0.6 is 0 Å². The molecule has 1 aliphatic rings. The van der Waals surface area contributed by atoms with E-state index in [1.807, 2.05) is 44.9 Å². The molecular weight excluding hydrogens is 354 g/mol. The fourth-order valence-electron chi connectivity index (χ4n) is 3.66. The molecule has 1 heterocycles. The molecule has 0 aliphatic carbocycles. The third-order valence-electron chi connectivity index (χ3n) is 4.91. The van der Waals surface area contributed by atoms with Crippen molar-refractivity contribution < 1.29 is 14.3 Å². The molecule has 0 aromatic heterocycles. The summed E-state index contributed by atoms with van der Waals surface area (Å²) in [6.45, 7) is 7.07. The van der Waals surface area contributed by atoms with Gasteiger partial charge in [-0.25, -0.2) is 0 Å². The van der Waals surface area contributed by atoms with E-state index in [4.69, 9.17) is 4.74 Å². The molecule has 1 fully saturated rings. The zero-order valence-corrected chi connectivity index (χ0v) is 18.0. The molecule has 6 heteroatoms. The third kappa shape index (κ3) is 6.82. The monoisotopic (exact) mass is 389 g/mol. The number of carbonyl (C=O) groups excluding carboxylic acids is 2. The summed E-state index contributed by atoms with van der Waals surface area (Å²) < 4.78 is 5.25. The van der Waals surface area contributed by atoms with Crippen LogP contribution in [-0.4, -0.2) is 60.9 Å². The van der Waals surface area contributed by atoms with Crippen molar-refractivity contribution in [3.8, 4) is 5.75 Å². The summed E-state index contributed by atoms with van der Waals surface area (Å²) in [6.07, 6.45) is 4.24. The molecule has 1 unspecified atom stereocenters. The molecule has 1 aromatic carbocycles. The van der Waals surface area contributed by atoms with Gasteiger partial charge in [0.15, 0.2) is 0 Å². The number of amides is 2. The van der Waals surface area contributed by atoms with Crippen LogP contribution < -0.4 is 10.1 Å². The summed E-state index contributed by atoms with van der Waals surface area (Å²) in [5.74, 6) is 0.832. The number of hydrogen-bond donors (Lipinski definition) is 1. The summed E-state index contributed by atoms with van der Waals surface area (Å²) in [5.41, 5.74) is 0.871. The van der Waals surface area contributed by atoms with Crippen LogP contribution in [0.15, 0.2) is 24.3 Å². The van der Waals surface area contributed by atoms with Crippen LogP contribution in [0.25, 0.3) is 0 Å². The van der Waals surface area contributed by atoms with Gasteiger partial charge in [0.25, 0.3) is 0 Å². The summed E-state index contributed by atoms with van der Waals surface area (Å²) in [6, 6.07) is 8.08. The van der Waals surface area contributed by atoms with Gasteiger partial charge in [-0.05, 0) is 58.4 Å². The van der Waals surface area contributed by atoms with Crippen LogP contribution in [0.2, 0.25) is 0 Å². The lowest BCUT2D eigenvalue weighted by molar-refractivity contribution is -0.135. The highest BCUT2D eigenvalue weighted by Gasteiger charge is 2.27. The predicted octanol–water partition coefficient (Wildman–Crippen LogP) is 2.99. The predicted molar refractivity (Wildman–Crippen MR) is 111 cm³/mol. The summed E-state index contributed by atoms with van der Waals surface area (Å²) in [4.78, 5) is 29.0. The normalized spacial score (nSPS) is 17.9. The maximum atomic E-state index is 13.1. The first kappa shape index (κ1) is 22.2. The minimum absolute atomic E-state index is 0.0645. The molecule has 0 bridgehead atoms. The van der Waals surface area contributed by atoms with Crippen LogP contribution in [0.4, 0.5) is 0 Å². The number of benzene rings is 1. The Bertz CT molecular complexity index is 652. The molecular formula is C22H35N3O3. The van der Waals surface area contributed by atoms with Crippen LogP contribution in [-0.2, 0) is 9.59 Å². The van der Waals surface area contributed by atoms with Crippen LogP contribution in [0.5, 0.6) is 5.75 Å². The SMILES string of the molecule is COc1ccc(C2CCCCCN2C(=O)CN(C)CC(=O)NC(C)(C)C)cc1. The molecule has 0 spiro atoms. The van der Waals surface area contributed by atoms with Gasteiger partial charge in [-0.15, -0.1) is 0 Å². The van der Waals surface area contributed by atoms with Crippen molar-refractivity contribution in [1.29, 1.82) is 0 Å². The number of rotatable bonds is 6. The minimum Gasteiger partial charge on any atom is -0.497 e. The van der Waals surface area contributed by atoms with Gasteiger partial charge in [-0.1, -0.05) is 25.0 Å². The highest BCUT2D eigenvalue weighted by molar-refractivity contribution is 5.81. The Balaban J connectivity index is 2.03. The van der Waals surface area contributed by atoms with E-state index >= 15 is 0 Å². The second-order valence-corrected chi connectivity index (χ2v) is 8.70. The number of hydrogen-bond acceptors (Lipinski definition) is 4. The molecule has 0 radical (unpaired) electrons. The van der Waals surface area contributed by atoms with Gasteiger partial charge in [0.2, 0.25) is 11.8 Å². The average Bonchev–Trinajstić information content (AvgIpc) is 2.86. The first-order valence-electron chi connectivity index (χ1n) is 10.1. The molecule has 2 amide bonds. The number of likely N-dealkylation sites (tertiary alicyclic amines) is 1. The third-order valence-corrected chi connectivity index (χ3v) is 4.91. The van der Waals surface area contributed by atoms with Crippen molar-refractivity contribution in [2.24, 2.45) is 0 Å². The Hall–Kier alpha value is -2.08. The molecule has 0 saturated carbocycles. The molecule has 1 saturated heterocycles. The zero-order chi connectivity index (χ0) is 20.7. The van der Waals surface area contributed by atoms with Crippen LogP contribution in [0, 0.1) is 0 Å². The fraction of sp³-hybridized carbons (Fsp3) is 0.636. The molecule has 1 atom stereocenters. The van der Waals surface area contributed by atoms with E-state index < -0.39 is 0 Å². The number of methoxy groups -OCH3 is 1. The number of ether oxygens (including phenoxy) is 1. The fourth-order valence-corrected chi connectivity index (χ4v) is 3.66. The zero-order valence-electron chi connectivity index (χ0n) is 18.0. The first-order chi connectivity index (χ1) is 13.2. The Labute approximate surface area is 169 Å². The highest BCUT2D eigenvalue weighted by Crippen LogP contribution is 2.31. The Morgan fingerprint density at radius 2 is 1.82 bits per heavy atom. The maximum Gasteiger partial charge on any atom is 0.237 e. The van der Waals surface area contributed by atoms with E-state index in [0.29, 0.717) is 0 Å². The second kappa shape index (κ2) is 9.92. The highest BCUT2D eigenvalue weighted by atomic mass is 16.5. The number of nitrogens with zero attached hydrogens (tertiary/aromatic N) is 2. The Morgan fingerprint density at radius 1 is 1.14 bits per heavy atom. The van der Waals surface area contributed by atoms with E-state index in [1.54, 1.807) is 12.0 Å². The van der Waals surface area contributed by atoms with Gasteiger partial charge >= 0.3 is 0 Å². The van der Waals surface area contributed by atoms with Gasteiger partial charge < -0.3 is 15.0 Å². The van der Waals surface area contributed by atoms with E-state index in [0.717, 1.165) is 43.5 Å². The van der Waals surface area contributed by atoms with Crippen molar-refractivity contribution in [3.63, 3.8) is 0 Å².